The molecule has 4 heterocycles. The molecule has 0 aliphatic carbocycles. The Morgan fingerprint density at radius 2 is 2.06 bits per heavy atom. The smallest absolute Gasteiger partial charge is 0.378 e. The molecule has 0 fully saturated rings. The molecule has 1 aliphatic rings. The fourth-order valence-electron chi connectivity index (χ4n) is 4.21. The molecule has 0 radical (unpaired) electrons. The van der Waals surface area contributed by atoms with E-state index in [9.17, 15) is 23.1 Å². The van der Waals surface area contributed by atoms with Crippen LogP contribution in [0, 0.1) is 0 Å². The van der Waals surface area contributed by atoms with E-state index in [0.717, 1.165) is 37.5 Å². The highest BCUT2D eigenvalue weighted by Crippen LogP contribution is 2.32. The maximum absolute atomic E-state index is 13.1. The molecule has 3 N–H and O–H groups in total. The van der Waals surface area contributed by atoms with Crippen molar-refractivity contribution in [2.45, 2.75) is 31.8 Å². The van der Waals surface area contributed by atoms with Crippen molar-refractivity contribution < 1.29 is 18.3 Å². The molecule has 0 amide bonds. The highest BCUT2D eigenvalue weighted by molar-refractivity contribution is 5.77. The van der Waals surface area contributed by atoms with E-state index in [4.69, 9.17) is 0 Å². The maximum atomic E-state index is 13.1. The molecule has 12 heteroatoms. The fourth-order valence-corrected chi connectivity index (χ4v) is 4.21. The number of pyridine rings is 1. The van der Waals surface area contributed by atoms with Crippen LogP contribution in [-0.2, 0) is 19.5 Å². The quantitative estimate of drug-likeness (QED) is 0.351. The van der Waals surface area contributed by atoms with E-state index >= 15 is 0 Å². The minimum absolute atomic E-state index is 0.0658. The van der Waals surface area contributed by atoms with E-state index in [2.05, 4.69) is 32.2 Å². The Kier molecular flexibility index (Phi) is 6.06. The largest absolute Gasteiger partial charge is 0.420 e. The van der Waals surface area contributed by atoms with Crippen molar-refractivity contribution in [3.05, 3.63) is 82.6 Å². The molecule has 186 valence electrons. The van der Waals surface area contributed by atoms with Crippen molar-refractivity contribution in [3.63, 3.8) is 0 Å². The molecular weight excluding hydrogens is 475 g/mol. The van der Waals surface area contributed by atoms with Gasteiger partial charge in [0.2, 0.25) is 5.95 Å². The molecule has 0 spiro atoms. The molecule has 1 atom stereocenters. The third-order valence-corrected chi connectivity index (χ3v) is 5.93. The lowest BCUT2D eigenvalue weighted by atomic mass is 10.0. The number of nitrogens with one attached hydrogen (secondary N) is 2. The number of allylic oxidation sites excluding steroid dienone is 1. The molecule has 9 nitrogen and oxygen atoms in total. The lowest BCUT2D eigenvalue weighted by Gasteiger charge is -2.18. The first-order valence-electron chi connectivity index (χ1n) is 11.2. The maximum Gasteiger partial charge on any atom is 0.420 e. The summed E-state index contributed by atoms with van der Waals surface area (Å²) in [5.41, 5.74) is 2.51. The first-order chi connectivity index (χ1) is 17.3. The molecule has 1 aromatic carbocycles. The van der Waals surface area contributed by atoms with Crippen LogP contribution in [0.1, 0.15) is 22.9 Å². The summed E-state index contributed by atoms with van der Waals surface area (Å²) in [6.45, 7) is 5.42. The first-order valence-corrected chi connectivity index (χ1v) is 11.2. The zero-order chi connectivity index (χ0) is 25.4. The van der Waals surface area contributed by atoms with Crippen LogP contribution in [0.3, 0.4) is 0 Å². The number of anilines is 2. The van der Waals surface area contributed by atoms with Gasteiger partial charge in [-0.1, -0.05) is 12.1 Å². The SMILES string of the molecule is C=CCn1c(=O)c2cnc(Nc3ccc4c(c3)CCNC4)nc2n1-c1ccnc(C(O)C(F)(F)F)c1. The number of halogens is 3. The number of rotatable bonds is 6. The van der Waals surface area contributed by atoms with Crippen LogP contribution >= 0.6 is 0 Å². The Morgan fingerprint density at radius 3 is 2.83 bits per heavy atom. The number of hydrogen-bond acceptors (Lipinski definition) is 7. The van der Waals surface area contributed by atoms with Gasteiger partial charge < -0.3 is 15.7 Å². The van der Waals surface area contributed by atoms with Gasteiger partial charge in [-0.25, -0.2) is 14.3 Å². The van der Waals surface area contributed by atoms with Gasteiger partial charge in [0.1, 0.15) is 5.39 Å². The molecule has 36 heavy (non-hydrogen) atoms. The van der Waals surface area contributed by atoms with Crippen LogP contribution in [-0.4, -0.2) is 42.1 Å². The second-order valence-electron chi connectivity index (χ2n) is 8.34. The Labute approximate surface area is 202 Å². The minimum Gasteiger partial charge on any atom is -0.378 e. The van der Waals surface area contributed by atoms with Crippen molar-refractivity contribution >= 4 is 22.7 Å². The third kappa shape index (κ3) is 4.36. The highest BCUT2D eigenvalue weighted by Gasteiger charge is 2.40. The number of aliphatic hydroxyl groups excluding tert-OH is 1. The van der Waals surface area contributed by atoms with E-state index in [0.29, 0.717) is 0 Å². The van der Waals surface area contributed by atoms with Gasteiger partial charge in [0, 0.05) is 24.6 Å². The molecule has 3 aromatic heterocycles. The van der Waals surface area contributed by atoms with Crippen molar-refractivity contribution in [3.8, 4) is 5.69 Å². The van der Waals surface area contributed by atoms with Crippen molar-refractivity contribution in [2.24, 2.45) is 0 Å². The van der Waals surface area contributed by atoms with Crippen LogP contribution in [0.4, 0.5) is 24.8 Å². The van der Waals surface area contributed by atoms with Gasteiger partial charge >= 0.3 is 6.18 Å². The molecule has 5 rings (SSSR count). The van der Waals surface area contributed by atoms with E-state index in [1.807, 2.05) is 18.2 Å². The summed E-state index contributed by atoms with van der Waals surface area (Å²) in [6, 6.07) is 8.45. The van der Waals surface area contributed by atoms with Crippen molar-refractivity contribution in [1.82, 2.24) is 29.6 Å². The highest BCUT2D eigenvalue weighted by atomic mass is 19.4. The molecule has 4 aromatic rings. The lowest BCUT2D eigenvalue weighted by Crippen LogP contribution is -2.23. The standard InChI is InChI=1S/C24H22F3N7O2/c1-2-9-33-22(36)18-13-30-23(31-16-4-3-15-12-28-7-5-14(15)10-16)32-21(18)34(33)17-6-8-29-19(11-17)20(35)24(25,26)27/h2-4,6,8,10-11,13,20,28,35H,1,5,7,9,12H2,(H,30,31,32). The van der Waals surface area contributed by atoms with Gasteiger partial charge in [0.05, 0.1) is 17.9 Å². The molecule has 0 bridgehead atoms. The third-order valence-electron chi connectivity index (χ3n) is 5.93. The Bertz CT molecular complexity index is 1510. The lowest BCUT2D eigenvalue weighted by molar-refractivity contribution is -0.207. The number of benzene rings is 1. The summed E-state index contributed by atoms with van der Waals surface area (Å²) < 4.78 is 41.9. The van der Waals surface area contributed by atoms with Gasteiger partial charge in [-0.15, -0.1) is 6.58 Å². The molecule has 1 aliphatic heterocycles. The zero-order valence-corrected chi connectivity index (χ0v) is 19.0. The molecular formula is C24H22F3N7O2. The topological polar surface area (TPSA) is 110 Å². The predicted molar refractivity (Wildman–Crippen MR) is 127 cm³/mol. The number of fused-ring (bicyclic) bond motifs is 2. The first kappa shape index (κ1) is 23.7. The monoisotopic (exact) mass is 497 g/mol. The van der Waals surface area contributed by atoms with Crippen molar-refractivity contribution in [2.75, 3.05) is 11.9 Å². The van der Waals surface area contributed by atoms with Gasteiger partial charge in [0.15, 0.2) is 11.8 Å². The van der Waals surface area contributed by atoms with Crippen LogP contribution in [0.25, 0.3) is 16.7 Å². The van der Waals surface area contributed by atoms with E-state index in [1.165, 1.54) is 38.8 Å². The Balaban J connectivity index is 1.60. The Morgan fingerprint density at radius 1 is 1.22 bits per heavy atom. The van der Waals surface area contributed by atoms with E-state index < -0.39 is 23.5 Å². The van der Waals surface area contributed by atoms with Gasteiger partial charge in [0.25, 0.3) is 5.56 Å². The number of aromatic nitrogens is 5. The van der Waals surface area contributed by atoms with Crippen LogP contribution < -0.4 is 16.2 Å². The van der Waals surface area contributed by atoms with Gasteiger partial charge in [-0.3, -0.25) is 9.78 Å². The van der Waals surface area contributed by atoms with Gasteiger partial charge in [-0.2, -0.15) is 18.2 Å². The number of aliphatic hydroxyl groups is 1. The molecule has 0 saturated carbocycles. The van der Waals surface area contributed by atoms with Gasteiger partial charge in [-0.05, 0) is 48.4 Å². The summed E-state index contributed by atoms with van der Waals surface area (Å²) in [5, 5.41) is 16.3. The average molecular weight is 497 g/mol. The second-order valence-corrected chi connectivity index (χ2v) is 8.34. The van der Waals surface area contributed by atoms with Crippen LogP contribution in [0.15, 0.2) is 60.2 Å². The van der Waals surface area contributed by atoms with E-state index in [-0.39, 0.29) is 29.2 Å². The van der Waals surface area contributed by atoms with Crippen LogP contribution in [0.2, 0.25) is 0 Å². The van der Waals surface area contributed by atoms with E-state index in [1.54, 1.807) is 0 Å². The average Bonchev–Trinajstić information content (AvgIpc) is 3.14. The second kappa shape index (κ2) is 9.21. The summed E-state index contributed by atoms with van der Waals surface area (Å²) >= 11 is 0. The molecule has 1 unspecified atom stereocenters. The summed E-state index contributed by atoms with van der Waals surface area (Å²) in [7, 11) is 0. The number of nitrogens with zero attached hydrogens (tertiary/aromatic N) is 5. The van der Waals surface area contributed by atoms with Crippen molar-refractivity contribution in [1.29, 1.82) is 0 Å². The Hall–Kier alpha value is -4.03. The predicted octanol–water partition coefficient (Wildman–Crippen LogP) is 3.15. The normalized spacial score (nSPS) is 14.4. The number of alkyl halides is 3. The zero-order valence-electron chi connectivity index (χ0n) is 19.0. The fraction of sp³-hybridized carbons (Fsp3) is 0.250. The molecule has 0 saturated heterocycles. The number of hydrogen-bond donors (Lipinski definition) is 3. The summed E-state index contributed by atoms with van der Waals surface area (Å²) in [4.78, 5) is 25.5. The summed E-state index contributed by atoms with van der Waals surface area (Å²) in [5.74, 6) is 0.213. The minimum atomic E-state index is -4.89. The van der Waals surface area contributed by atoms with Crippen LogP contribution in [0.5, 0.6) is 0 Å². The summed E-state index contributed by atoms with van der Waals surface area (Å²) in [6.07, 6.45) is -2.78.